The summed E-state index contributed by atoms with van der Waals surface area (Å²) in [7, 11) is 0. The molecule has 34 heavy (non-hydrogen) atoms. The second-order valence-corrected chi connectivity index (χ2v) is 8.24. The highest BCUT2D eigenvalue weighted by molar-refractivity contribution is 5.96. The molecule has 4 N–H and O–H groups in total. The molecule has 7 heteroatoms. The first-order valence-corrected chi connectivity index (χ1v) is 11.3. The van der Waals surface area contributed by atoms with Crippen LogP contribution in [0, 0.1) is 5.92 Å². The zero-order valence-electron chi connectivity index (χ0n) is 19.4. The van der Waals surface area contributed by atoms with E-state index in [1.54, 1.807) is 42.5 Å². The Bertz CT molecular complexity index is 1130. The molecule has 0 radical (unpaired) electrons. The molecule has 7 nitrogen and oxygen atoms in total. The molecule has 0 aliphatic heterocycles. The molecule has 0 atom stereocenters. The summed E-state index contributed by atoms with van der Waals surface area (Å²) in [4.78, 5) is 36.5. The van der Waals surface area contributed by atoms with Crippen LogP contribution in [-0.2, 0) is 20.8 Å². The molecular weight excluding hydrogens is 428 g/mol. The average Bonchev–Trinajstić information content (AvgIpc) is 2.82. The van der Waals surface area contributed by atoms with Crippen LogP contribution in [-0.4, -0.2) is 24.3 Å². The number of aryl methyl sites for hydroxylation is 1. The Balaban J connectivity index is 1.47. The first-order valence-electron chi connectivity index (χ1n) is 11.3. The molecule has 0 aromatic heterocycles. The van der Waals surface area contributed by atoms with Crippen LogP contribution >= 0.6 is 0 Å². The van der Waals surface area contributed by atoms with Crippen molar-refractivity contribution >= 4 is 40.5 Å². The van der Waals surface area contributed by atoms with Crippen molar-refractivity contribution in [2.75, 3.05) is 27.8 Å². The van der Waals surface area contributed by atoms with Crippen molar-refractivity contribution in [2.45, 2.75) is 26.7 Å². The topological polar surface area (TPSA) is 99.3 Å². The van der Waals surface area contributed by atoms with Gasteiger partial charge >= 0.3 is 0 Å². The number of carbonyl (C=O) groups excluding carboxylic acids is 3. The van der Waals surface area contributed by atoms with Gasteiger partial charge in [-0.3, -0.25) is 14.4 Å². The number of amides is 3. The van der Waals surface area contributed by atoms with Gasteiger partial charge in [0.2, 0.25) is 17.7 Å². The van der Waals surface area contributed by atoms with Gasteiger partial charge in [-0.25, -0.2) is 0 Å². The van der Waals surface area contributed by atoms with Crippen LogP contribution in [0.3, 0.4) is 0 Å². The van der Waals surface area contributed by atoms with Gasteiger partial charge in [0.05, 0.1) is 6.54 Å². The third-order valence-electron chi connectivity index (χ3n) is 5.02. The average molecular weight is 459 g/mol. The molecule has 0 fully saturated rings. The van der Waals surface area contributed by atoms with Crippen molar-refractivity contribution in [1.82, 2.24) is 0 Å². The molecule has 176 valence electrons. The van der Waals surface area contributed by atoms with Crippen molar-refractivity contribution in [3.63, 3.8) is 0 Å². The summed E-state index contributed by atoms with van der Waals surface area (Å²) in [6.07, 6.45) is 1.04. The first-order chi connectivity index (χ1) is 16.4. The van der Waals surface area contributed by atoms with Crippen LogP contribution in [0.5, 0.6) is 0 Å². The van der Waals surface area contributed by atoms with Crippen molar-refractivity contribution in [3.05, 3.63) is 84.4 Å². The summed E-state index contributed by atoms with van der Waals surface area (Å²) in [5, 5.41) is 11.6. The van der Waals surface area contributed by atoms with Gasteiger partial charge in [-0.2, -0.15) is 0 Å². The third kappa shape index (κ3) is 8.09. The molecule has 0 spiro atoms. The first kappa shape index (κ1) is 24.5. The highest BCUT2D eigenvalue weighted by atomic mass is 16.2. The minimum atomic E-state index is -0.232. The van der Waals surface area contributed by atoms with E-state index in [2.05, 4.69) is 21.3 Å². The van der Waals surface area contributed by atoms with E-state index >= 15 is 0 Å². The van der Waals surface area contributed by atoms with Crippen molar-refractivity contribution in [1.29, 1.82) is 0 Å². The fourth-order valence-corrected chi connectivity index (χ4v) is 3.18. The van der Waals surface area contributed by atoms with E-state index in [4.69, 9.17) is 0 Å². The summed E-state index contributed by atoms with van der Waals surface area (Å²) in [5.41, 5.74) is 3.71. The zero-order chi connectivity index (χ0) is 24.3. The molecule has 3 rings (SSSR count). The third-order valence-corrected chi connectivity index (χ3v) is 5.02. The van der Waals surface area contributed by atoms with Crippen LogP contribution in [0.15, 0.2) is 78.9 Å². The van der Waals surface area contributed by atoms with Crippen molar-refractivity contribution in [3.8, 4) is 0 Å². The quantitative estimate of drug-likeness (QED) is 0.347. The largest absolute Gasteiger partial charge is 0.376 e. The Hall–Kier alpha value is -4.13. The van der Waals surface area contributed by atoms with Crippen molar-refractivity contribution in [2.24, 2.45) is 5.92 Å². The lowest BCUT2D eigenvalue weighted by molar-refractivity contribution is -0.119. The fourth-order valence-electron chi connectivity index (χ4n) is 3.18. The molecule has 0 aliphatic rings. The van der Waals surface area contributed by atoms with Crippen LogP contribution < -0.4 is 21.3 Å². The zero-order valence-corrected chi connectivity index (χ0v) is 19.4. The SMILES string of the molecule is CC(C)C(=O)Nc1cccc(NCC(=O)Nc2cccc(NC(=O)CCc3ccccc3)c2)c1. The summed E-state index contributed by atoms with van der Waals surface area (Å²) >= 11 is 0. The van der Waals surface area contributed by atoms with Gasteiger partial charge in [-0.1, -0.05) is 56.3 Å². The maximum absolute atomic E-state index is 12.4. The molecule has 3 amide bonds. The number of rotatable bonds is 10. The van der Waals surface area contributed by atoms with E-state index in [0.717, 1.165) is 11.3 Å². The number of anilines is 4. The second-order valence-electron chi connectivity index (χ2n) is 8.24. The molecule has 0 heterocycles. The molecule has 0 bridgehead atoms. The predicted molar refractivity (Wildman–Crippen MR) is 137 cm³/mol. The van der Waals surface area contributed by atoms with Gasteiger partial charge in [-0.05, 0) is 48.4 Å². The molecule has 0 aliphatic carbocycles. The molecule has 3 aromatic rings. The number of hydrogen-bond donors (Lipinski definition) is 4. The lowest BCUT2D eigenvalue weighted by Crippen LogP contribution is -2.22. The summed E-state index contributed by atoms with van der Waals surface area (Å²) in [5.74, 6) is -0.503. The minimum Gasteiger partial charge on any atom is -0.376 e. The summed E-state index contributed by atoms with van der Waals surface area (Å²) in [6, 6.07) is 24.1. The van der Waals surface area contributed by atoms with Crippen LogP contribution in [0.25, 0.3) is 0 Å². The fraction of sp³-hybridized carbons (Fsp3) is 0.222. The molecule has 3 aromatic carbocycles. The highest BCUT2D eigenvalue weighted by Crippen LogP contribution is 2.17. The molecule has 0 saturated carbocycles. The lowest BCUT2D eigenvalue weighted by Gasteiger charge is -2.12. The summed E-state index contributed by atoms with van der Waals surface area (Å²) < 4.78 is 0. The van der Waals surface area contributed by atoms with Gasteiger partial charge in [0.25, 0.3) is 0 Å². The number of nitrogens with one attached hydrogen (secondary N) is 4. The smallest absolute Gasteiger partial charge is 0.243 e. The summed E-state index contributed by atoms with van der Waals surface area (Å²) in [6.45, 7) is 3.70. The number of benzene rings is 3. The van der Waals surface area contributed by atoms with Crippen molar-refractivity contribution < 1.29 is 14.4 Å². The Morgan fingerprint density at radius 3 is 1.88 bits per heavy atom. The number of carbonyl (C=O) groups is 3. The maximum Gasteiger partial charge on any atom is 0.243 e. The van der Waals surface area contributed by atoms with Crippen LogP contribution in [0.1, 0.15) is 25.8 Å². The molecule has 0 saturated heterocycles. The number of hydrogen-bond acceptors (Lipinski definition) is 4. The predicted octanol–water partition coefficient (Wildman–Crippen LogP) is 4.90. The van der Waals surface area contributed by atoms with Gasteiger partial charge in [0.15, 0.2) is 0 Å². The van der Waals surface area contributed by atoms with Crippen LogP contribution in [0.4, 0.5) is 22.7 Å². The second kappa shape index (κ2) is 12.2. The normalized spacial score (nSPS) is 10.4. The van der Waals surface area contributed by atoms with E-state index in [0.29, 0.717) is 29.9 Å². The van der Waals surface area contributed by atoms with Gasteiger partial charge in [-0.15, -0.1) is 0 Å². The Morgan fingerprint density at radius 1 is 0.676 bits per heavy atom. The van der Waals surface area contributed by atoms with E-state index in [-0.39, 0.29) is 30.2 Å². The van der Waals surface area contributed by atoms with Gasteiger partial charge in [0, 0.05) is 35.1 Å². The Labute approximate surface area is 200 Å². The maximum atomic E-state index is 12.4. The van der Waals surface area contributed by atoms with E-state index in [1.165, 1.54) is 0 Å². The standard InChI is InChI=1S/C27H30N4O3/c1-19(2)27(34)31-24-13-6-10-21(16-24)28-18-26(33)30-23-12-7-11-22(17-23)29-25(32)15-14-20-8-4-3-5-9-20/h3-13,16-17,19,28H,14-15,18H2,1-2H3,(H,29,32)(H,30,33)(H,31,34). The minimum absolute atomic E-state index is 0.0508. The van der Waals surface area contributed by atoms with E-state index in [1.807, 2.05) is 50.2 Å². The molecular formula is C27H30N4O3. The highest BCUT2D eigenvalue weighted by Gasteiger charge is 2.09. The van der Waals surface area contributed by atoms with Gasteiger partial charge in [0.1, 0.15) is 0 Å². The lowest BCUT2D eigenvalue weighted by atomic mass is 10.1. The molecule has 0 unspecified atom stereocenters. The van der Waals surface area contributed by atoms with E-state index in [9.17, 15) is 14.4 Å². The Morgan fingerprint density at radius 2 is 1.24 bits per heavy atom. The van der Waals surface area contributed by atoms with E-state index < -0.39 is 0 Å². The monoisotopic (exact) mass is 458 g/mol. The van der Waals surface area contributed by atoms with Crippen LogP contribution in [0.2, 0.25) is 0 Å². The van der Waals surface area contributed by atoms with Gasteiger partial charge < -0.3 is 21.3 Å². The Kier molecular flexibility index (Phi) is 8.80.